The molecular formula is C36H54N2O6. The number of aryl methyl sites for hydroxylation is 2. The van der Waals surface area contributed by atoms with Crippen LogP contribution in [0.1, 0.15) is 84.3 Å². The molecule has 0 spiro atoms. The van der Waals surface area contributed by atoms with Crippen molar-refractivity contribution in [3.63, 3.8) is 0 Å². The molecule has 0 aromatic heterocycles. The Balaban J connectivity index is 1.74. The number of carbonyl (C=O) groups is 2. The van der Waals surface area contributed by atoms with Crippen molar-refractivity contribution in [3.8, 4) is 17.2 Å². The maximum Gasteiger partial charge on any atom is 0.411 e. The van der Waals surface area contributed by atoms with Crippen LogP contribution in [0.25, 0.3) is 0 Å². The van der Waals surface area contributed by atoms with E-state index in [4.69, 9.17) is 18.9 Å². The van der Waals surface area contributed by atoms with Gasteiger partial charge in [-0.05, 0) is 102 Å². The lowest BCUT2D eigenvalue weighted by molar-refractivity contribution is -0.145. The molecule has 0 saturated carbocycles. The third-order valence-corrected chi connectivity index (χ3v) is 8.26. The Morgan fingerprint density at radius 3 is 2.05 bits per heavy atom. The largest absolute Gasteiger partial charge is 0.493 e. The van der Waals surface area contributed by atoms with Crippen molar-refractivity contribution in [2.45, 2.75) is 104 Å². The molecule has 0 aliphatic carbocycles. The van der Waals surface area contributed by atoms with E-state index in [0.717, 1.165) is 50.5 Å². The molecule has 2 aromatic carbocycles. The van der Waals surface area contributed by atoms with Crippen LogP contribution < -0.4 is 14.2 Å². The van der Waals surface area contributed by atoms with Crippen molar-refractivity contribution >= 4 is 12.0 Å². The van der Waals surface area contributed by atoms with E-state index in [2.05, 4.69) is 31.2 Å². The first kappa shape index (κ1) is 35.1. The fraction of sp³-hybridized carbons (Fsp3) is 0.611. The molecule has 0 N–H and O–H groups in total. The summed E-state index contributed by atoms with van der Waals surface area (Å²) in [7, 11) is 4.88. The molecular weight excluding hydrogens is 556 g/mol. The summed E-state index contributed by atoms with van der Waals surface area (Å²) < 4.78 is 22.3. The number of nitrogens with zero attached hydrogens (tertiary/aromatic N) is 2. The fourth-order valence-corrected chi connectivity index (χ4v) is 6.21. The Morgan fingerprint density at radius 1 is 0.932 bits per heavy atom. The number of carbonyl (C=O) groups excluding carboxylic acids is 2. The first-order chi connectivity index (χ1) is 21.0. The quantitative estimate of drug-likeness (QED) is 0.210. The Kier molecular flexibility index (Phi) is 13.2. The van der Waals surface area contributed by atoms with Gasteiger partial charge in [0.25, 0.3) is 0 Å². The molecule has 244 valence electrons. The van der Waals surface area contributed by atoms with Crippen molar-refractivity contribution in [1.29, 1.82) is 0 Å². The summed E-state index contributed by atoms with van der Waals surface area (Å²) in [4.78, 5) is 30.8. The highest BCUT2D eigenvalue weighted by Gasteiger charge is 2.43. The van der Waals surface area contributed by atoms with Crippen LogP contribution >= 0.6 is 0 Å². The minimum atomic E-state index is -0.616. The Labute approximate surface area is 265 Å². The zero-order valence-electron chi connectivity index (χ0n) is 28.2. The lowest BCUT2D eigenvalue weighted by Crippen LogP contribution is -2.63. The van der Waals surface area contributed by atoms with Crippen LogP contribution in [0.3, 0.4) is 0 Å². The second-order valence-corrected chi connectivity index (χ2v) is 13.0. The summed E-state index contributed by atoms with van der Waals surface area (Å²) in [6, 6.07) is 14.0. The molecule has 1 heterocycles. The van der Waals surface area contributed by atoms with Gasteiger partial charge in [-0.1, -0.05) is 43.7 Å². The van der Waals surface area contributed by atoms with Gasteiger partial charge in [0.2, 0.25) is 11.7 Å². The minimum absolute atomic E-state index is 0.0356. The molecule has 44 heavy (non-hydrogen) atoms. The van der Waals surface area contributed by atoms with E-state index in [0.29, 0.717) is 42.7 Å². The van der Waals surface area contributed by atoms with Crippen LogP contribution in [0.2, 0.25) is 0 Å². The smallest absolute Gasteiger partial charge is 0.411 e. The summed E-state index contributed by atoms with van der Waals surface area (Å²) in [5.74, 6) is 2.29. The van der Waals surface area contributed by atoms with Gasteiger partial charge in [-0.25, -0.2) is 4.79 Å². The Bertz CT molecular complexity index is 1170. The van der Waals surface area contributed by atoms with Crippen LogP contribution in [-0.4, -0.2) is 73.9 Å². The van der Waals surface area contributed by atoms with Crippen molar-refractivity contribution in [3.05, 3.63) is 53.6 Å². The maximum atomic E-state index is 13.9. The monoisotopic (exact) mass is 610 g/mol. The van der Waals surface area contributed by atoms with E-state index >= 15 is 0 Å². The van der Waals surface area contributed by atoms with Gasteiger partial charge in [0.05, 0.1) is 27.4 Å². The van der Waals surface area contributed by atoms with E-state index in [1.807, 2.05) is 50.8 Å². The molecule has 1 aliphatic heterocycles. The number of hydrogen-bond acceptors (Lipinski definition) is 6. The van der Waals surface area contributed by atoms with Gasteiger partial charge >= 0.3 is 6.09 Å². The van der Waals surface area contributed by atoms with Gasteiger partial charge in [0.15, 0.2) is 11.5 Å². The van der Waals surface area contributed by atoms with Crippen LogP contribution in [-0.2, 0) is 22.4 Å². The van der Waals surface area contributed by atoms with Crippen molar-refractivity contribution in [1.82, 2.24) is 9.80 Å². The number of piperazine rings is 1. The highest BCUT2D eigenvalue weighted by molar-refractivity contribution is 5.87. The second-order valence-electron chi connectivity index (χ2n) is 13.0. The summed E-state index contributed by atoms with van der Waals surface area (Å²) in [5.41, 5.74) is 1.85. The molecule has 0 bridgehead atoms. The molecule has 2 amide bonds. The predicted molar refractivity (Wildman–Crippen MR) is 175 cm³/mol. The predicted octanol–water partition coefficient (Wildman–Crippen LogP) is 7.31. The fourth-order valence-electron chi connectivity index (χ4n) is 6.21. The second kappa shape index (κ2) is 16.6. The zero-order chi connectivity index (χ0) is 32.3. The Hall–Kier alpha value is -3.42. The van der Waals surface area contributed by atoms with Crippen LogP contribution in [0.5, 0.6) is 17.2 Å². The zero-order valence-corrected chi connectivity index (χ0v) is 28.2. The van der Waals surface area contributed by atoms with E-state index in [1.54, 1.807) is 26.2 Å². The molecule has 1 saturated heterocycles. The van der Waals surface area contributed by atoms with E-state index < -0.39 is 17.7 Å². The van der Waals surface area contributed by atoms with Crippen molar-refractivity contribution in [2.24, 2.45) is 5.92 Å². The highest BCUT2D eigenvalue weighted by Crippen LogP contribution is 2.38. The first-order valence-electron chi connectivity index (χ1n) is 16.1. The van der Waals surface area contributed by atoms with Gasteiger partial charge < -0.3 is 23.8 Å². The van der Waals surface area contributed by atoms with E-state index in [9.17, 15) is 9.59 Å². The number of amides is 2. The number of benzene rings is 2. The Morgan fingerprint density at radius 2 is 1.52 bits per heavy atom. The third-order valence-electron chi connectivity index (χ3n) is 8.26. The first-order valence-corrected chi connectivity index (χ1v) is 16.1. The maximum absolute atomic E-state index is 13.9. The minimum Gasteiger partial charge on any atom is -0.493 e. The summed E-state index contributed by atoms with van der Waals surface area (Å²) >= 11 is 0. The standard InChI is InChI=1S/C36H54N2O6/c1-9-15-30-34(39)37(24-26(2)38(30)35(40)44-36(3,4)5)25-28(19-13-18-27-16-11-10-12-17-27)20-14-21-29-22-31(41-6)33(43-8)32(23-29)42-7/h10-12,16-17,22-23,26,28,30H,9,13-15,18-21,24-25H2,1-8H3. The summed E-state index contributed by atoms with van der Waals surface area (Å²) in [6.45, 7) is 10.9. The van der Waals surface area contributed by atoms with E-state index in [1.165, 1.54) is 5.56 Å². The average molecular weight is 611 g/mol. The molecule has 3 atom stereocenters. The van der Waals surface area contributed by atoms with Gasteiger partial charge in [-0.2, -0.15) is 0 Å². The molecule has 8 heteroatoms. The highest BCUT2D eigenvalue weighted by atomic mass is 16.6. The summed E-state index contributed by atoms with van der Waals surface area (Å²) in [5, 5.41) is 0. The SMILES string of the molecule is CCCC1C(=O)N(CC(CCCc2ccccc2)CCCc2cc(OC)c(OC)c(OC)c2)CC(C)N1C(=O)OC(C)(C)C. The van der Waals surface area contributed by atoms with Gasteiger partial charge in [0, 0.05) is 13.1 Å². The van der Waals surface area contributed by atoms with Crippen LogP contribution in [0, 0.1) is 5.92 Å². The summed E-state index contributed by atoms with van der Waals surface area (Å²) in [6.07, 6.45) is 6.94. The van der Waals surface area contributed by atoms with Gasteiger partial charge in [-0.3, -0.25) is 9.69 Å². The lowest BCUT2D eigenvalue weighted by Gasteiger charge is -2.45. The number of rotatable bonds is 15. The molecule has 1 fully saturated rings. The lowest BCUT2D eigenvalue weighted by atomic mass is 9.91. The molecule has 3 unspecified atom stereocenters. The third kappa shape index (κ3) is 9.80. The molecule has 1 aliphatic rings. The number of methoxy groups -OCH3 is 3. The molecule has 8 nitrogen and oxygen atoms in total. The molecule has 2 aromatic rings. The number of hydrogen-bond donors (Lipinski definition) is 0. The van der Waals surface area contributed by atoms with Gasteiger partial charge in [0.1, 0.15) is 11.6 Å². The molecule has 0 radical (unpaired) electrons. The number of ether oxygens (including phenoxy) is 4. The topological polar surface area (TPSA) is 77.5 Å². The van der Waals surface area contributed by atoms with Crippen molar-refractivity contribution < 1.29 is 28.5 Å². The van der Waals surface area contributed by atoms with Gasteiger partial charge in [-0.15, -0.1) is 0 Å². The van der Waals surface area contributed by atoms with E-state index in [-0.39, 0.29) is 11.9 Å². The van der Waals surface area contributed by atoms with Crippen molar-refractivity contribution in [2.75, 3.05) is 34.4 Å². The van der Waals surface area contributed by atoms with Crippen LogP contribution in [0.4, 0.5) is 4.79 Å². The molecule has 3 rings (SSSR count). The van der Waals surface area contributed by atoms with Crippen LogP contribution in [0.15, 0.2) is 42.5 Å². The normalized spacial score (nSPS) is 17.8. The average Bonchev–Trinajstić information content (AvgIpc) is 2.98.